The molecular formula is C15H13Cl3N4O2. The Labute approximate surface area is 153 Å². The standard InChI is InChI=1S/C15H13Cl3N4O2/c1-6-4-8(6)9-3-2-7(24-9)5-20-22-15(23)13-10(16)12(19)11(17)14(18)21-13/h2-3,5-6,8H,4H2,1H3,(H2,19,21)(H,22,23)/b20-5+/t6-,8-/m1/s1. The van der Waals surface area contributed by atoms with Crippen LogP contribution in [-0.4, -0.2) is 17.1 Å². The number of hydrogen-bond acceptors (Lipinski definition) is 5. The monoisotopic (exact) mass is 386 g/mol. The predicted octanol–water partition coefficient (Wildman–Crippen LogP) is 4.10. The zero-order valence-corrected chi connectivity index (χ0v) is 14.8. The number of nitrogens with one attached hydrogen (secondary N) is 1. The maximum Gasteiger partial charge on any atom is 0.291 e. The Morgan fingerprint density at radius 1 is 1.42 bits per heavy atom. The lowest BCUT2D eigenvalue weighted by Gasteiger charge is -2.07. The van der Waals surface area contributed by atoms with Gasteiger partial charge in [-0.3, -0.25) is 4.79 Å². The van der Waals surface area contributed by atoms with Gasteiger partial charge in [0.1, 0.15) is 16.5 Å². The molecule has 2 aromatic heterocycles. The van der Waals surface area contributed by atoms with Gasteiger partial charge in [0.25, 0.3) is 5.91 Å². The third kappa shape index (κ3) is 3.36. The van der Waals surface area contributed by atoms with Crippen LogP contribution in [0.5, 0.6) is 0 Å². The first-order valence-electron chi connectivity index (χ1n) is 7.11. The fourth-order valence-corrected chi connectivity index (χ4v) is 2.84. The molecule has 1 saturated carbocycles. The molecule has 0 spiro atoms. The number of carbonyl (C=O) groups excluding carboxylic acids is 1. The Hall–Kier alpha value is -1.76. The topological polar surface area (TPSA) is 93.5 Å². The van der Waals surface area contributed by atoms with Gasteiger partial charge in [-0.1, -0.05) is 41.7 Å². The molecular weight excluding hydrogens is 375 g/mol. The van der Waals surface area contributed by atoms with Gasteiger partial charge in [-0.25, -0.2) is 10.4 Å². The van der Waals surface area contributed by atoms with Crippen LogP contribution in [0, 0.1) is 5.92 Å². The molecule has 1 aliphatic rings. The summed E-state index contributed by atoms with van der Waals surface area (Å²) in [4.78, 5) is 15.9. The van der Waals surface area contributed by atoms with Crippen molar-refractivity contribution in [3.8, 4) is 0 Å². The maximum absolute atomic E-state index is 12.1. The second kappa shape index (κ2) is 6.63. The molecule has 0 radical (unpaired) electrons. The van der Waals surface area contributed by atoms with Gasteiger partial charge in [-0.15, -0.1) is 0 Å². The Bertz CT molecular complexity index is 834. The summed E-state index contributed by atoms with van der Waals surface area (Å²) in [5, 5.41) is 3.63. The van der Waals surface area contributed by atoms with E-state index in [9.17, 15) is 4.79 Å². The SMILES string of the molecule is C[C@@H]1C[C@H]1c1ccc(/C=N/NC(=O)c2nc(Cl)c(Cl)c(N)c2Cl)o1. The van der Waals surface area contributed by atoms with E-state index in [2.05, 4.69) is 22.4 Å². The minimum Gasteiger partial charge on any atom is -0.460 e. The first-order chi connectivity index (χ1) is 11.4. The summed E-state index contributed by atoms with van der Waals surface area (Å²) in [5.41, 5.74) is 7.79. The van der Waals surface area contributed by atoms with Crippen molar-refractivity contribution in [2.75, 3.05) is 5.73 Å². The Balaban J connectivity index is 1.68. The molecule has 0 unspecified atom stereocenters. The van der Waals surface area contributed by atoms with Crippen LogP contribution in [0.3, 0.4) is 0 Å². The molecule has 1 amide bonds. The number of anilines is 1. The molecule has 6 nitrogen and oxygen atoms in total. The highest BCUT2D eigenvalue weighted by molar-refractivity contribution is 6.46. The summed E-state index contributed by atoms with van der Waals surface area (Å²) in [7, 11) is 0. The number of nitrogens with two attached hydrogens (primary N) is 1. The van der Waals surface area contributed by atoms with Crippen molar-refractivity contribution in [3.63, 3.8) is 0 Å². The average molecular weight is 388 g/mol. The van der Waals surface area contributed by atoms with E-state index >= 15 is 0 Å². The predicted molar refractivity (Wildman–Crippen MR) is 94.0 cm³/mol. The summed E-state index contributed by atoms with van der Waals surface area (Å²) in [6.07, 6.45) is 2.52. The lowest BCUT2D eigenvalue weighted by atomic mass is 10.3. The van der Waals surface area contributed by atoms with Gasteiger partial charge in [-0.2, -0.15) is 5.10 Å². The third-order valence-electron chi connectivity index (χ3n) is 3.77. The molecule has 0 aromatic carbocycles. The van der Waals surface area contributed by atoms with E-state index in [1.807, 2.05) is 6.07 Å². The molecule has 126 valence electrons. The van der Waals surface area contributed by atoms with Crippen molar-refractivity contribution >= 4 is 52.6 Å². The second-order valence-corrected chi connectivity index (χ2v) is 6.67. The van der Waals surface area contributed by atoms with E-state index < -0.39 is 5.91 Å². The highest BCUT2D eigenvalue weighted by Gasteiger charge is 2.36. The number of hydrazone groups is 1. The molecule has 9 heteroatoms. The second-order valence-electron chi connectivity index (χ2n) is 5.55. The fourth-order valence-electron chi connectivity index (χ4n) is 2.24. The van der Waals surface area contributed by atoms with Gasteiger partial charge < -0.3 is 10.2 Å². The number of nitrogen functional groups attached to an aromatic ring is 1. The van der Waals surface area contributed by atoms with E-state index in [1.54, 1.807) is 6.07 Å². The lowest BCUT2D eigenvalue weighted by Crippen LogP contribution is -2.20. The van der Waals surface area contributed by atoms with Crippen LogP contribution in [0.4, 0.5) is 5.69 Å². The van der Waals surface area contributed by atoms with Gasteiger partial charge >= 0.3 is 0 Å². The van der Waals surface area contributed by atoms with Crippen LogP contribution >= 0.6 is 34.8 Å². The molecule has 2 aromatic rings. The Morgan fingerprint density at radius 3 is 2.79 bits per heavy atom. The molecule has 0 bridgehead atoms. The molecule has 1 fully saturated rings. The van der Waals surface area contributed by atoms with Gasteiger partial charge in [0.05, 0.1) is 16.9 Å². The van der Waals surface area contributed by atoms with Crippen LogP contribution in [0.25, 0.3) is 0 Å². The van der Waals surface area contributed by atoms with Gasteiger partial charge in [-0.05, 0) is 24.5 Å². The zero-order chi connectivity index (χ0) is 17.4. The third-order valence-corrected chi connectivity index (χ3v) is 4.90. The van der Waals surface area contributed by atoms with Crippen molar-refractivity contribution < 1.29 is 9.21 Å². The first kappa shape index (κ1) is 17.1. The van der Waals surface area contributed by atoms with Crippen molar-refractivity contribution in [2.45, 2.75) is 19.3 Å². The Morgan fingerprint density at radius 2 is 2.12 bits per heavy atom. The number of amides is 1. The molecule has 3 N–H and O–H groups in total. The summed E-state index contributed by atoms with van der Waals surface area (Å²) >= 11 is 17.6. The van der Waals surface area contributed by atoms with Crippen molar-refractivity contribution in [3.05, 3.63) is 44.5 Å². The fraction of sp³-hybridized carbons (Fsp3) is 0.267. The van der Waals surface area contributed by atoms with E-state index in [0.717, 1.165) is 12.2 Å². The van der Waals surface area contributed by atoms with E-state index in [4.69, 9.17) is 45.0 Å². The Kier molecular flexibility index (Phi) is 4.71. The summed E-state index contributed by atoms with van der Waals surface area (Å²) in [6.45, 7) is 2.17. The lowest BCUT2D eigenvalue weighted by molar-refractivity contribution is 0.0950. The molecule has 2 heterocycles. The largest absolute Gasteiger partial charge is 0.460 e. The number of aromatic nitrogens is 1. The first-order valence-corrected chi connectivity index (χ1v) is 8.25. The molecule has 3 rings (SSSR count). The van der Waals surface area contributed by atoms with Crippen LogP contribution in [0.2, 0.25) is 15.2 Å². The normalized spacial score (nSPS) is 19.7. The van der Waals surface area contributed by atoms with Crippen molar-refractivity contribution in [1.82, 2.24) is 10.4 Å². The van der Waals surface area contributed by atoms with Crippen molar-refractivity contribution in [2.24, 2.45) is 11.0 Å². The summed E-state index contributed by atoms with van der Waals surface area (Å²) in [5.74, 6) is 1.93. The number of halogens is 3. The van der Waals surface area contributed by atoms with Gasteiger partial charge in [0, 0.05) is 5.92 Å². The number of pyridine rings is 1. The molecule has 1 aliphatic carbocycles. The highest BCUT2D eigenvalue weighted by Crippen LogP contribution is 2.47. The summed E-state index contributed by atoms with van der Waals surface area (Å²) in [6, 6.07) is 3.70. The minimum atomic E-state index is -0.663. The summed E-state index contributed by atoms with van der Waals surface area (Å²) < 4.78 is 5.64. The van der Waals surface area contributed by atoms with Crippen LogP contribution in [0.1, 0.15) is 41.3 Å². The number of hydrogen-bond donors (Lipinski definition) is 2. The van der Waals surface area contributed by atoms with Gasteiger partial charge in [0.2, 0.25) is 0 Å². The number of rotatable bonds is 4. The average Bonchev–Trinajstić information content (AvgIpc) is 3.09. The number of furan rings is 1. The van der Waals surface area contributed by atoms with Crippen LogP contribution < -0.4 is 11.2 Å². The van der Waals surface area contributed by atoms with E-state index in [0.29, 0.717) is 17.6 Å². The molecule has 0 aliphatic heterocycles. The molecule has 0 saturated heterocycles. The molecule has 2 atom stereocenters. The van der Waals surface area contributed by atoms with Crippen molar-refractivity contribution in [1.29, 1.82) is 0 Å². The number of nitrogens with zero attached hydrogens (tertiary/aromatic N) is 2. The minimum absolute atomic E-state index is 0.000799. The van der Waals surface area contributed by atoms with E-state index in [1.165, 1.54) is 6.21 Å². The maximum atomic E-state index is 12.1. The highest BCUT2D eigenvalue weighted by atomic mass is 35.5. The van der Waals surface area contributed by atoms with Crippen LogP contribution in [0.15, 0.2) is 21.7 Å². The number of carbonyl (C=O) groups is 1. The quantitative estimate of drug-likeness (QED) is 0.469. The smallest absolute Gasteiger partial charge is 0.291 e. The van der Waals surface area contributed by atoms with E-state index in [-0.39, 0.29) is 26.6 Å². The zero-order valence-electron chi connectivity index (χ0n) is 12.5. The molecule has 24 heavy (non-hydrogen) atoms. The van der Waals surface area contributed by atoms with Gasteiger partial charge in [0.15, 0.2) is 10.8 Å². The van der Waals surface area contributed by atoms with Crippen LogP contribution in [-0.2, 0) is 0 Å².